The van der Waals surface area contributed by atoms with Crippen molar-refractivity contribution in [3.63, 3.8) is 0 Å². The van der Waals surface area contributed by atoms with Gasteiger partial charge in [0.15, 0.2) is 0 Å². The fourth-order valence-electron chi connectivity index (χ4n) is 2.66. The molecule has 2 heterocycles. The number of rotatable bonds is 5. The van der Waals surface area contributed by atoms with Gasteiger partial charge in [0.05, 0.1) is 28.6 Å². The fourth-order valence-corrected chi connectivity index (χ4v) is 2.80. The van der Waals surface area contributed by atoms with E-state index in [9.17, 15) is 4.79 Å². The maximum atomic E-state index is 12.3. The molecule has 118 valence electrons. The lowest BCUT2D eigenvalue weighted by molar-refractivity contribution is -0.117. The predicted molar refractivity (Wildman–Crippen MR) is 85.0 cm³/mol. The molecule has 1 aliphatic carbocycles. The highest BCUT2D eigenvalue weighted by Crippen LogP contribution is 2.40. The summed E-state index contributed by atoms with van der Waals surface area (Å²) in [4.78, 5) is 12.3. The third kappa shape index (κ3) is 2.88. The minimum Gasteiger partial charge on any atom is -0.309 e. The van der Waals surface area contributed by atoms with Gasteiger partial charge in [-0.1, -0.05) is 11.6 Å². The van der Waals surface area contributed by atoms with Crippen LogP contribution in [0.15, 0.2) is 12.3 Å². The van der Waals surface area contributed by atoms with E-state index in [1.165, 1.54) is 12.8 Å². The summed E-state index contributed by atoms with van der Waals surface area (Å²) in [6.45, 7) is 5.97. The van der Waals surface area contributed by atoms with Crippen molar-refractivity contribution in [1.29, 1.82) is 0 Å². The van der Waals surface area contributed by atoms with Crippen LogP contribution in [0.5, 0.6) is 0 Å². The third-order valence-electron chi connectivity index (χ3n) is 4.21. The number of aromatic nitrogens is 4. The van der Waals surface area contributed by atoms with Crippen LogP contribution in [-0.2, 0) is 11.3 Å². The Morgan fingerprint density at radius 3 is 2.82 bits per heavy atom. The van der Waals surface area contributed by atoms with Crippen molar-refractivity contribution < 1.29 is 4.79 Å². The lowest BCUT2D eigenvalue weighted by atomic mass is 10.2. The van der Waals surface area contributed by atoms with Gasteiger partial charge in [-0.2, -0.15) is 10.2 Å². The van der Waals surface area contributed by atoms with Gasteiger partial charge in [0.25, 0.3) is 0 Å². The normalized spacial score (nSPS) is 15.8. The molecular weight excluding hydrogens is 302 g/mol. The Kier molecular flexibility index (Phi) is 3.95. The van der Waals surface area contributed by atoms with Crippen LogP contribution < -0.4 is 5.32 Å². The summed E-state index contributed by atoms with van der Waals surface area (Å²) in [5.41, 5.74) is 1.54. The lowest BCUT2D eigenvalue weighted by Gasteiger charge is -2.15. The zero-order valence-electron chi connectivity index (χ0n) is 13.0. The van der Waals surface area contributed by atoms with E-state index in [2.05, 4.69) is 22.4 Å². The zero-order chi connectivity index (χ0) is 15.9. The molecule has 0 aromatic carbocycles. The van der Waals surface area contributed by atoms with Gasteiger partial charge in [0.2, 0.25) is 5.91 Å². The van der Waals surface area contributed by atoms with Crippen LogP contribution in [0.3, 0.4) is 0 Å². The average Bonchev–Trinajstić information content (AvgIpc) is 3.19. The number of aryl methyl sites for hydroxylation is 1. The Balaban J connectivity index is 1.69. The monoisotopic (exact) mass is 321 g/mol. The first-order chi connectivity index (χ1) is 10.5. The minimum absolute atomic E-state index is 0.132. The number of amides is 1. The molecule has 1 fully saturated rings. The van der Waals surface area contributed by atoms with Crippen molar-refractivity contribution in [2.75, 3.05) is 5.32 Å². The highest BCUT2D eigenvalue weighted by Gasteiger charge is 2.30. The topological polar surface area (TPSA) is 64.7 Å². The second kappa shape index (κ2) is 5.76. The van der Waals surface area contributed by atoms with Gasteiger partial charge in [0.1, 0.15) is 12.4 Å². The van der Waals surface area contributed by atoms with E-state index < -0.39 is 0 Å². The Hall–Kier alpha value is -1.82. The molecule has 1 N–H and O–H groups in total. The van der Waals surface area contributed by atoms with E-state index >= 15 is 0 Å². The quantitative estimate of drug-likeness (QED) is 0.920. The molecule has 6 nitrogen and oxygen atoms in total. The number of carbonyl (C=O) groups excluding carboxylic acids is 1. The van der Waals surface area contributed by atoms with Gasteiger partial charge in [0, 0.05) is 6.07 Å². The summed E-state index contributed by atoms with van der Waals surface area (Å²) >= 11 is 6.10. The number of anilines is 1. The summed E-state index contributed by atoms with van der Waals surface area (Å²) < 4.78 is 3.52. The summed E-state index contributed by atoms with van der Waals surface area (Å²) in [7, 11) is 0. The van der Waals surface area contributed by atoms with E-state index in [1.54, 1.807) is 10.9 Å². The van der Waals surface area contributed by atoms with Crippen molar-refractivity contribution >= 4 is 23.3 Å². The van der Waals surface area contributed by atoms with Crippen LogP contribution in [0.2, 0.25) is 5.02 Å². The molecule has 7 heteroatoms. The molecule has 22 heavy (non-hydrogen) atoms. The van der Waals surface area contributed by atoms with Gasteiger partial charge >= 0.3 is 0 Å². The second-order valence-corrected chi connectivity index (χ2v) is 6.31. The molecule has 0 radical (unpaired) electrons. The van der Waals surface area contributed by atoms with E-state index in [4.69, 9.17) is 11.6 Å². The first kappa shape index (κ1) is 15.1. The highest BCUT2D eigenvalue weighted by atomic mass is 35.5. The minimum atomic E-state index is -0.132. The van der Waals surface area contributed by atoms with Crippen LogP contribution in [0.1, 0.15) is 37.2 Å². The van der Waals surface area contributed by atoms with Gasteiger partial charge < -0.3 is 5.32 Å². The van der Waals surface area contributed by atoms with E-state index in [-0.39, 0.29) is 12.5 Å². The molecule has 2 aromatic rings. The standard InChI is InChI=1S/C15H20ClN5O/c1-9-15(16)11(3)20(19-9)8-14(22)18-13-6-7-17-21(13)10(2)12-4-5-12/h6-7,10,12H,4-5,8H2,1-3H3,(H,18,22). The number of nitrogens with one attached hydrogen (secondary N) is 1. The van der Waals surface area contributed by atoms with Gasteiger partial charge in [-0.25, -0.2) is 4.68 Å². The largest absolute Gasteiger partial charge is 0.309 e. The van der Waals surface area contributed by atoms with Crippen LogP contribution in [0, 0.1) is 19.8 Å². The van der Waals surface area contributed by atoms with Gasteiger partial charge in [-0.05, 0) is 39.5 Å². The molecule has 0 spiro atoms. The number of carbonyl (C=O) groups is 1. The summed E-state index contributed by atoms with van der Waals surface area (Å²) in [5.74, 6) is 1.27. The van der Waals surface area contributed by atoms with Crippen molar-refractivity contribution in [1.82, 2.24) is 19.6 Å². The molecule has 3 rings (SSSR count). The number of halogens is 1. The lowest BCUT2D eigenvalue weighted by Crippen LogP contribution is -2.23. The van der Waals surface area contributed by atoms with E-state index in [0.29, 0.717) is 17.0 Å². The molecule has 1 atom stereocenters. The summed E-state index contributed by atoms with van der Waals surface area (Å²) in [5, 5.41) is 12.1. The molecule has 1 amide bonds. The van der Waals surface area contributed by atoms with Crippen molar-refractivity contribution in [2.45, 2.75) is 46.2 Å². The maximum Gasteiger partial charge on any atom is 0.247 e. The maximum absolute atomic E-state index is 12.3. The zero-order valence-corrected chi connectivity index (χ0v) is 13.8. The van der Waals surface area contributed by atoms with Crippen LogP contribution in [-0.4, -0.2) is 25.5 Å². The van der Waals surface area contributed by atoms with E-state index in [1.807, 2.05) is 24.6 Å². The summed E-state index contributed by atoms with van der Waals surface area (Å²) in [6.07, 6.45) is 4.19. The first-order valence-corrected chi connectivity index (χ1v) is 7.88. The Morgan fingerprint density at radius 2 is 2.23 bits per heavy atom. The van der Waals surface area contributed by atoms with Crippen LogP contribution in [0.4, 0.5) is 5.82 Å². The van der Waals surface area contributed by atoms with Crippen LogP contribution >= 0.6 is 11.6 Å². The Labute approximate surface area is 134 Å². The SMILES string of the molecule is Cc1nn(CC(=O)Nc2ccnn2C(C)C2CC2)c(C)c1Cl. The fraction of sp³-hybridized carbons (Fsp3) is 0.533. The molecule has 1 aliphatic rings. The van der Waals surface area contributed by atoms with Gasteiger partial charge in [-0.15, -0.1) is 0 Å². The molecule has 0 saturated heterocycles. The van der Waals surface area contributed by atoms with Crippen molar-refractivity contribution in [3.05, 3.63) is 28.7 Å². The molecule has 0 aliphatic heterocycles. The third-order valence-corrected chi connectivity index (χ3v) is 4.76. The molecule has 1 unspecified atom stereocenters. The van der Waals surface area contributed by atoms with Crippen molar-refractivity contribution in [3.8, 4) is 0 Å². The van der Waals surface area contributed by atoms with Crippen molar-refractivity contribution in [2.24, 2.45) is 5.92 Å². The molecule has 0 bridgehead atoms. The second-order valence-electron chi connectivity index (χ2n) is 5.93. The molecule has 1 saturated carbocycles. The Bertz CT molecular complexity index is 701. The smallest absolute Gasteiger partial charge is 0.247 e. The number of hydrogen-bond acceptors (Lipinski definition) is 3. The van der Waals surface area contributed by atoms with Crippen LogP contribution in [0.25, 0.3) is 0 Å². The van der Waals surface area contributed by atoms with Gasteiger partial charge in [-0.3, -0.25) is 9.48 Å². The predicted octanol–water partition coefficient (Wildman–Crippen LogP) is 2.96. The van der Waals surface area contributed by atoms with E-state index in [0.717, 1.165) is 17.2 Å². The molecular formula is C15H20ClN5O. The number of hydrogen-bond donors (Lipinski definition) is 1. The average molecular weight is 322 g/mol. The highest BCUT2D eigenvalue weighted by molar-refractivity contribution is 6.31. The number of nitrogens with zero attached hydrogens (tertiary/aromatic N) is 4. The molecule has 2 aromatic heterocycles. The Morgan fingerprint density at radius 1 is 1.50 bits per heavy atom. The summed E-state index contributed by atoms with van der Waals surface area (Å²) in [6, 6.07) is 2.14. The first-order valence-electron chi connectivity index (χ1n) is 7.50.